The molecule has 1 amide bonds. The van der Waals surface area contributed by atoms with Crippen LogP contribution in [-0.2, 0) is 16.5 Å². The molecule has 3 heterocycles. The summed E-state index contributed by atoms with van der Waals surface area (Å²) in [7, 11) is 0. The van der Waals surface area contributed by atoms with E-state index in [0.717, 1.165) is 42.9 Å². The van der Waals surface area contributed by atoms with E-state index in [2.05, 4.69) is 26.1 Å². The fourth-order valence-corrected chi connectivity index (χ4v) is 6.43. The lowest BCUT2D eigenvalue weighted by atomic mass is 9.73. The number of nitrogens with zero attached hydrogens (tertiary/aromatic N) is 3. The van der Waals surface area contributed by atoms with Crippen LogP contribution in [0.3, 0.4) is 0 Å². The van der Waals surface area contributed by atoms with E-state index >= 15 is 0 Å². The first kappa shape index (κ1) is 25.3. The molecular weight excluding hydrogens is 465 g/mol. The second-order valence-electron chi connectivity index (χ2n) is 12.1. The average molecular weight is 503 g/mol. The monoisotopic (exact) mass is 502 g/mol. The van der Waals surface area contributed by atoms with Crippen molar-refractivity contribution >= 4 is 5.91 Å². The van der Waals surface area contributed by atoms with Crippen LogP contribution in [-0.4, -0.2) is 39.7 Å². The second kappa shape index (κ2) is 9.19. The first-order chi connectivity index (χ1) is 17.0. The van der Waals surface area contributed by atoms with Crippen LogP contribution in [0.1, 0.15) is 94.5 Å². The molecule has 36 heavy (non-hydrogen) atoms. The Kier molecular flexibility index (Phi) is 6.46. The molecule has 2 aromatic rings. The molecule has 1 spiro atoms. The van der Waals surface area contributed by atoms with E-state index in [-0.39, 0.29) is 34.9 Å². The number of carbonyl (C=O) groups excluding carboxylic acids is 1. The van der Waals surface area contributed by atoms with Crippen molar-refractivity contribution in [2.24, 2.45) is 5.41 Å². The summed E-state index contributed by atoms with van der Waals surface area (Å²) in [5.74, 6) is 0.0117. The number of rotatable bonds is 3. The Bertz CT molecular complexity index is 1080. The maximum atomic E-state index is 13.7. The Labute approximate surface area is 211 Å². The number of hydrogen-bond acceptors (Lipinski definition) is 3. The van der Waals surface area contributed by atoms with Crippen molar-refractivity contribution in [2.75, 3.05) is 13.1 Å². The van der Waals surface area contributed by atoms with Gasteiger partial charge in [-0.3, -0.25) is 14.8 Å². The Morgan fingerprint density at radius 3 is 2.33 bits per heavy atom. The maximum Gasteiger partial charge on any atom is 0.416 e. The highest BCUT2D eigenvalue weighted by molar-refractivity contribution is 5.83. The highest BCUT2D eigenvalue weighted by Crippen LogP contribution is 2.45. The van der Waals surface area contributed by atoms with Crippen LogP contribution >= 0.6 is 0 Å². The molecule has 0 bridgehead atoms. The number of amides is 1. The molecule has 8 heteroatoms. The molecule has 3 atom stereocenters. The van der Waals surface area contributed by atoms with Crippen molar-refractivity contribution in [1.29, 1.82) is 0 Å². The lowest BCUT2D eigenvalue weighted by Gasteiger charge is -2.33. The Balaban J connectivity index is 1.39. The summed E-state index contributed by atoms with van der Waals surface area (Å²) in [6.45, 7) is 7.85. The van der Waals surface area contributed by atoms with E-state index in [1.807, 2.05) is 21.8 Å². The van der Waals surface area contributed by atoms with Gasteiger partial charge in [0.05, 0.1) is 22.8 Å². The van der Waals surface area contributed by atoms with Crippen molar-refractivity contribution < 1.29 is 18.0 Å². The second-order valence-corrected chi connectivity index (χ2v) is 12.1. The van der Waals surface area contributed by atoms with Gasteiger partial charge in [-0.2, -0.15) is 18.3 Å². The van der Waals surface area contributed by atoms with E-state index in [1.165, 1.54) is 44.2 Å². The van der Waals surface area contributed by atoms with Gasteiger partial charge in [-0.05, 0) is 75.6 Å². The van der Waals surface area contributed by atoms with Gasteiger partial charge >= 0.3 is 6.18 Å². The SMILES string of the molecule is CC(C)(C)n1ccc(C2C[C@@H](C(=O)N3CCC4(CCCCC4)C3)N[C@H]2c2ccc(C(F)(F)F)cc2)n1. The molecular formula is C28H37F3N4O. The number of alkyl halides is 3. The summed E-state index contributed by atoms with van der Waals surface area (Å²) in [4.78, 5) is 15.7. The number of halogens is 3. The van der Waals surface area contributed by atoms with Gasteiger partial charge in [0.25, 0.3) is 0 Å². The van der Waals surface area contributed by atoms with E-state index in [4.69, 9.17) is 5.10 Å². The van der Waals surface area contributed by atoms with E-state index in [9.17, 15) is 18.0 Å². The third-order valence-corrected chi connectivity index (χ3v) is 8.51. The van der Waals surface area contributed by atoms with Crippen molar-refractivity contribution in [3.63, 3.8) is 0 Å². The zero-order chi connectivity index (χ0) is 25.7. The molecule has 1 aromatic heterocycles. The third kappa shape index (κ3) is 4.93. The molecule has 5 rings (SSSR count). The average Bonchev–Trinajstić information content (AvgIpc) is 3.57. The van der Waals surface area contributed by atoms with Crippen LogP contribution in [0.2, 0.25) is 0 Å². The van der Waals surface area contributed by atoms with Gasteiger partial charge in [0.1, 0.15) is 0 Å². The lowest BCUT2D eigenvalue weighted by molar-refractivity contribution is -0.137. The van der Waals surface area contributed by atoms with Crippen LogP contribution < -0.4 is 5.32 Å². The Morgan fingerprint density at radius 1 is 1.03 bits per heavy atom. The summed E-state index contributed by atoms with van der Waals surface area (Å²) >= 11 is 0. The number of benzene rings is 1. The number of aromatic nitrogens is 2. The van der Waals surface area contributed by atoms with Gasteiger partial charge in [-0.1, -0.05) is 31.4 Å². The van der Waals surface area contributed by atoms with Crippen molar-refractivity contribution in [2.45, 2.75) is 95.4 Å². The summed E-state index contributed by atoms with van der Waals surface area (Å²) in [5.41, 5.74) is 1.04. The van der Waals surface area contributed by atoms with E-state index in [0.29, 0.717) is 6.42 Å². The van der Waals surface area contributed by atoms with E-state index in [1.54, 1.807) is 0 Å². The number of hydrogen-bond donors (Lipinski definition) is 1. The zero-order valence-corrected chi connectivity index (χ0v) is 21.4. The van der Waals surface area contributed by atoms with Gasteiger partial charge in [-0.25, -0.2) is 0 Å². The number of nitrogens with one attached hydrogen (secondary N) is 1. The molecule has 1 N–H and O–H groups in total. The largest absolute Gasteiger partial charge is 0.416 e. The predicted molar refractivity (Wildman–Crippen MR) is 132 cm³/mol. The molecule has 2 aliphatic heterocycles. The molecule has 1 aliphatic carbocycles. The minimum atomic E-state index is -4.38. The first-order valence-electron chi connectivity index (χ1n) is 13.2. The van der Waals surface area contributed by atoms with Crippen molar-refractivity contribution in [3.8, 4) is 0 Å². The normalized spacial score (nSPS) is 26.6. The van der Waals surface area contributed by atoms with Gasteiger partial charge in [0.15, 0.2) is 0 Å². The molecule has 5 nitrogen and oxygen atoms in total. The van der Waals surface area contributed by atoms with Crippen LogP contribution in [0.15, 0.2) is 36.5 Å². The van der Waals surface area contributed by atoms with E-state index < -0.39 is 11.7 Å². The zero-order valence-electron chi connectivity index (χ0n) is 21.4. The van der Waals surface area contributed by atoms with Crippen molar-refractivity contribution in [1.82, 2.24) is 20.0 Å². The van der Waals surface area contributed by atoms with Gasteiger partial charge < -0.3 is 4.90 Å². The van der Waals surface area contributed by atoms with Crippen molar-refractivity contribution in [3.05, 3.63) is 53.3 Å². The van der Waals surface area contributed by atoms with Crippen LogP contribution in [0.5, 0.6) is 0 Å². The molecule has 1 unspecified atom stereocenters. The Morgan fingerprint density at radius 2 is 1.72 bits per heavy atom. The van der Waals surface area contributed by atoms with Gasteiger partial charge in [0, 0.05) is 31.2 Å². The molecule has 196 valence electrons. The predicted octanol–water partition coefficient (Wildman–Crippen LogP) is 6.03. The molecule has 1 saturated carbocycles. The van der Waals surface area contributed by atoms with Crippen LogP contribution in [0.25, 0.3) is 0 Å². The van der Waals surface area contributed by atoms with Gasteiger partial charge in [-0.15, -0.1) is 0 Å². The fraction of sp³-hybridized carbons (Fsp3) is 0.643. The lowest BCUT2D eigenvalue weighted by Crippen LogP contribution is -2.44. The highest BCUT2D eigenvalue weighted by Gasteiger charge is 2.46. The minimum absolute atomic E-state index is 0.106. The number of carbonyl (C=O) groups is 1. The summed E-state index contributed by atoms with van der Waals surface area (Å²) in [6.07, 6.45) is 5.42. The summed E-state index contributed by atoms with van der Waals surface area (Å²) < 4.78 is 41.4. The molecule has 1 aromatic carbocycles. The van der Waals surface area contributed by atoms with Crippen LogP contribution in [0, 0.1) is 5.41 Å². The molecule has 0 radical (unpaired) electrons. The Hall–Kier alpha value is -2.35. The maximum absolute atomic E-state index is 13.7. The molecule has 3 aliphatic rings. The third-order valence-electron chi connectivity index (χ3n) is 8.51. The minimum Gasteiger partial charge on any atom is -0.341 e. The highest BCUT2D eigenvalue weighted by atomic mass is 19.4. The number of likely N-dealkylation sites (tertiary alicyclic amines) is 1. The smallest absolute Gasteiger partial charge is 0.341 e. The first-order valence-corrected chi connectivity index (χ1v) is 13.2. The van der Waals surface area contributed by atoms with Gasteiger partial charge in [0.2, 0.25) is 5.91 Å². The van der Waals surface area contributed by atoms with Crippen LogP contribution in [0.4, 0.5) is 13.2 Å². The standard InChI is InChI=1S/C28H37F3N4O/c1-26(2,3)35-15-11-22(33-35)21-17-23(25(36)34-16-14-27(18-34)12-5-4-6-13-27)32-24(21)19-7-9-20(10-8-19)28(29,30)31/h7-11,15,21,23-24,32H,4-6,12-14,16-18H2,1-3H3/t21?,23-,24-/m0/s1. The summed E-state index contributed by atoms with van der Waals surface area (Å²) in [6, 6.07) is 6.65. The molecule has 2 saturated heterocycles. The summed E-state index contributed by atoms with van der Waals surface area (Å²) in [5, 5.41) is 8.34. The topological polar surface area (TPSA) is 50.2 Å². The fourth-order valence-electron chi connectivity index (χ4n) is 6.43. The molecule has 3 fully saturated rings. The quantitative estimate of drug-likeness (QED) is 0.558.